The molecule has 0 aliphatic carbocycles. The fraction of sp³-hybridized carbons (Fsp3) is 0.316. The molecule has 1 saturated heterocycles. The lowest BCUT2D eigenvalue weighted by Crippen LogP contribution is -2.43. The predicted molar refractivity (Wildman–Crippen MR) is 102 cm³/mol. The third-order valence-corrected chi connectivity index (χ3v) is 4.69. The van der Waals surface area contributed by atoms with Crippen LogP contribution in [0.2, 0.25) is 5.02 Å². The molecule has 27 heavy (non-hydrogen) atoms. The summed E-state index contributed by atoms with van der Waals surface area (Å²) in [6.07, 6.45) is 0. The van der Waals surface area contributed by atoms with Gasteiger partial charge in [0.25, 0.3) is 11.6 Å². The van der Waals surface area contributed by atoms with Gasteiger partial charge in [-0.3, -0.25) is 19.8 Å². The summed E-state index contributed by atoms with van der Waals surface area (Å²) in [4.78, 5) is 25.7. The van der Waals surface area contributed by atoms with Gasteiger partial charge in [0.2, 0.25) is 0 Å². The van der Waals surface area contributed by atoms with Crippen LogP contribution in [0.15, 0.2) is 48.5 Å². The first-order valence-corrected chi connectivity index (χ1v) is 9.02. The SMILES string of the molecule is O=C(N[C@@H](CN1CCOCC1)c1ccccc1)c1ccc(Cl)cc1[N+](=O)[O-]. The monoisotopic (exact) mass is 389 g/mol. The van der Waals surface area contributed by atoms with E-state index in [1.54, 1.807) is 0 Å². The highest BCUT2D eigenvalue weighted by atomic mass is 35.5. The van der Waals surface area contributed by atoms with Gasteiger partial charge >= 0.3 is 0 Å². The molecule has 0 aromatic heterocycles. The summed E-state index contributed by atoms with van der Waals surface area (Å²) in [5, 5.41) is 14.5. The molecule has 1 aliphatic heterocycles. The number of nitrogens with one attached hydrogen (secondary N) is 1. The third-order valence-electron chi connectivity index (χ3n) is 4.45. The van der Waals surface area contributed by atoms with Crippen molar-refractivity contribution in [2.45, 2.75) is 6.04 Å². The molecule has 0 spiro atoms. The largest absolute Gasteiger partial charge is 0.379 e. The maximum Gasteiger partial charge on any atom is 0.283 e. The van der Waals surface area contributed by atoms with Crippen LogP contribution >= 0.6 is 11.6 Å². The zero-order chi connectivity index (χ0) is 19.2. The Morgan fingerprint density at radius 2 is 1.93 bits per heavy atom. The smallest absolute Gasteiger partial charge is 0.283 e. The minimum Gasteiger partial charge on any atom is -0.379 e. The molecule has 0 saturated carbocycles. The molecule has 0 unspecified atom stereocenters. The van der Waals surface area contributed by atoms with Crippen LogP contribution < -0.4 is 5.32 Å². The number of carbonyl (C=O) groups excluding carboxylic acids is 1. The van der Waals surface area contributed by atoms with Crippen LogP contribution in [0.1, 0.15) is 22.0 Å². The fourth-order valence-corrected chi connectivity index (χ4v) is 3.21. The van der Waals surface area contributed by atoms with E-state index in [9.17, 15) is 14.9 Å². The van der Waals surface area contributed by atoms with Gasteiger partial charge in [0.15, 0.2) is 0 Å². The number of benzene rings is 2. The number of morpholine rings is 1. The number of nitrogens with zero attached hydrogens (tertiary/aromatic N) is 2. The molecular formula is C19H20ClN3O4. The molecule has 2 aromatic carbocycles. The van der Waals surface area contributed by atoms with Crippen LogP contribution in [0.4, 0.5) is 5.69 Å². The molecule has 1 fully saturated rings. The summed E-state index contributed by atoms with van der Waals surface area (Å²) in [6, 6.07) is 13.3. The van der Waals surface area contributed by atoms with Crippen molar-refractivity contribution in [1.29, 1.82) is 0 Å². The van der Waals surface area contributed by atoms with Crippen LogP contribution in [-0.2, 0) is 4.74 Å². The van der Waals surface area contributed by atoms with Crippen molar-refractivity contribution in [2.24, 2.45) is 0 Å². The molecule has 3 rings (SSSR count). The number of hydrogen-bond donors (Lipinski definition) is 1. The molecule has 7 nitrogen and oxygen atoms in total. The summed E-state index contributed by atoms with van der Waals surface area (Å²) in [5.74, 6) is -0.500. The highest BCUT2D eigenvalue weighted by Gasteiger charge is 2.25. The first kappa shape index (κ1) is 19.3. The van der Waals surface area contributed by atoms with Crippen LogP contribution in [0.25, 0.3) is 0 Å². The standard InChI is InChI=1S/C19H20ClN3O4/c20-15-6-7-16(18(12-15)23(25)26)19(24)21-17(14-4-2-1-3-5-14)13-22-8-10-27-11-9-22/h1-7,12,17H,8-11,13H2,(H,21,24)/t17-/m0/s1. The normalized spacial score (nSPS) is 15.9. The van der Waals surface area contributed by atoms with Crippen molar-refractivity contribution >= 4 is 23.2 Å². The lowest BCUT2D eigenvalue weighted by atomic mass is 10.0. The zero-order valence-electron chi connectivity index (χ0n) is 14.6. The third kappa shape index (κ3) is 5.03. The van der Waals surface area contributed by atoms with Crippen molar-refractivity contribution in [2.75, 3.05) is 32.8 Å². The average Bonchev–Trinajstić information content (AvgIpc) is 2.68. The van der Waals surface area contributed by atoms with E-state index >= 15 is 0 Å². The fourth-order valence-electron chi connectivity index (χ4n) is 3.05. The summed E-state index contributed by atoms with van der Waals surface area (Å²) in [5.41, 5.74) is 0.624. The molecule has 1 aliphatic rings. The van der Waals surface area contributed by atoms with Gasteiger partial charge in [-0.05, 0) is 17.7 Å². The topological polar surface area (TPSA) is 84.7 Å². The number of hydrogen-bond acceptors (Lipinski definition) is 5. The number of nitro benzene ring substituents is 1. The van der Waals surface area contributed by atoms with Crippen LogP contribution in [0.3, 0.4) is 0 Å². The lowest BCUT2D eigenvalue weighted by Gasteiger charge is -2.31. The van der Waals surface area contributed by atoms with Gasteiger partial charge in [-0.25, -0.2) is 0 Å². The van der Waals surface area contributed by atoms with Crippen molar-refractivity contribution in [3.63, 3.8) is 0 Å². The summed E-state index contributed by atoms with van der Waals surface area (Å²) in [6.45, 7) is 3.46. The minimum atomic E-state index is -0.597. The molecule has 0 bridgehead atoms. The van der Waals surface area contributed by atoms with Gasteiger partial charge in [-0.2, -0.15) is 0 Å². The van der Waals surface area contributed by atoms with Crippen molar-refractivity contribution in [3.8, 4) is 0 Å². The number of halogens is 1. The number of ether oxygens (including phenoxy) is 1. The Labute approximate surface area is 162 Å². The van der Waals surface area contributed by atoms with E-state index in [0.29, 0.717) is 19.8 Å². The van der Waals surface area contributed by atoms with E-state index in [-0.39, 0.29) is 22.3 Å². The lowest BCUT2D eigenvalue weighted by molar-refractivity contribution is -0.385. The highest BCUT2D eigenvalue weighted by Crippen LogP contribution is 2.24. The molecule has 1 N–H and O–H groups in total. The van der Waals surface area contributed by atoms with Crippen molar-refractivity contribution in [1.82, 2.24) is 10.2 Å². The molecule has 2 aromatic rings. The Kier molecular flexibility index (Phi) is 6.39. The van der Waals surface area contributed by atoms with Gasteiger partial charge in [0.05, 0.1) is 24.2 Å². The second kappa shape index (κ2) is 8.94. The molecule has 1 heterocycles. The van der Waals surface area contributed by atoms with E-state index in [4.69, 9.17) is 16.3 Å². The Morgan fingerprint density at radius 3 is 2.59 bits per heavy atom. The maximum absolute atomic E-state index is 12.8. The molecule has 1 atom stereocenters. The van der Waals surface area contributed by atoms with E-state index in [1.807, 2.05) is 30.3 Å². The van der Waals surface area contributed by atoms with Gasteiger partial charge in [0, 0.05) is 30.7 Å². The molecule has 142 valence electrons. The van der Waals surface area contributed by atoms with Crippen LogP contribution in [0, 0.1) is 10.1 Å². The zero-order valence-corrected chi connectivity index (χ0v) is 15.4. The Morgan fingerprint density at radius 1 is 1.22 bits per heavy atom. The average molecular weight is 390 g/mol. The first-order chi connectivity index (χ1) is 13.0. The van der Waals surface area contributed by atoms with E-state index < -0.39 is 10.8 Å². The van der Waals surface area contributed by atoms with Gasteiger partial charge in [-0.1, -0.05) is 41.9 Å². The van der Waals surface area contributed by atoms with Crippen LogP contribution in [0.5, 0.6) is 0 Å². The quantitative estimate of drug-likeness (QED) is 0.606. The van der Waals surface area contributed by atoms with Gasteiger partial charge in [-0.15, -0.1) is 0 Å². The summed E-state index contributed by atoms with van der Waals surface area (Å²) >= 11 is 5.84. The second-order valence-corrected chi connectivity index (χ2v) is 6.70. The van der Waals surface area contributed by atoms with Crippen molar-refractivity contribution in [3.05, 3.63) is 74.8 Å². The summed E-state index contributed by atoms with van der Waals surface area (Å²) < 4.78 is 5.37. The molecule has 0 radical (unpaired) electrons. The van der Waals surface area contributed by atoms with E-state index in [1.165, 1.54) is 18.2 Å². The molecule has 1 amide bonds. The number of rotatable bonds is 6. The highest BCUT2D eigenvalue weighted by molar-refractivity contribution is 6.31. The van der Waals surface area contributed by atoms with Crippen molar-refractivity contribution < 1.29 is 14.5 Å². The Hall–Kier alpha value is -2.48. The number of nitro groups is 1. The first-order valence-electron chi connectivity index (χ1n) is 8.64. The van der Waals surface area contributed by atoms with Gasteiger partial charge in [0.1, 0.15) is 5.56 Å². The van der Waals surface area contributed by atoms with E-state index in [2.05, 4.69) is 10.2 Å². The van der Waals surface area contributed by atoms with Crippen LogP contribution in [-0.4, -0.2) is 48.6 Å². The minimum absolute atomic E-state index is 0.00712. The molecular weight excluding hydrogens is 370 g/mol. The predicted octanol–water partition coefficient (Wildman–Crippen LogP) is 3.05. The van der Waals surface area contributed by atoms with E-state index in [0.717, 1.165) is 18.7 Å². The van der Waals surface area contributed by atoms with Gasteiger partial charge < -0.3 is 10.1 Å². The summed E-state index contributed by atoms with van der Waals surface area (Å²) in [7, 11) is 0. The second-order valence-electron chi connectivity index (χ2n) is 6.27. The number of carbonyl (C=O) groups is 1. The maximum atomic E-state index is 12.8. The molecule has 8 heteroatoms. The Bertz CT molecular complexity index is 810. The Balaban J connectivity index is 1.83. The number of amides is 1.